The van der Waals surface area contributed by atoms with Gasteiger partial charge < -0.3 is 14.4 Å². The molecule has 1 N–H and O–H groups in total. The summed E-state index contributed by atoms with van der Waals surface area (Å²) in [6, 6.07) is 23.3. The largest absolute Gasteiger partial charge is 0.516 e. The van der Waals surface area contributed by atoms with Gasteiger partial charge in [-0.05, 0) is 35.3 Å². The first-order chi connectivity index (χ1) is 16.9. The van der Waals surface area contributed by atoms with E-state index in [1.54, 1.807) is 7.11 Å². The van der Waals surface area contributed by atoms with Gasteiger partial charge in [-0.2, -0.15) is 0 Å². The van der Waals surface area contributed by atoms with Gasteiger partial charge in [0.15, 0.2) is 5.78 Å². The first-order valence-corrected chi connectivity index (χ1v) is 11.9. The molecule has 4 rings (SSSR count). The fraction of sp³-hybridized carbons (Fsp3) is 0.290. The smallest absolute Gasteiger partial charge is 0.164 e. The number of allylic oxidation sites excluding steroid dienone is 2. The number of hydrogen-bond acceptors (Lipinski definition) is 4. The van der Waals surface area contributed by atoms with Crippen LogP contribution >= 0.6 is 0 Å². The number of ketones is 1. The summed E-state index contributed by atoms with van der Waals surface area (Å²) >= 11 is 0. The molecular weight excluding hydrogens is 641 g/mol. The normalized spacial score (nSPS) is 11.8. The predicted molar refractivity (Wildman–Crippen MR) is 147 cm³/mol. The molecule has 4 aromatic rings. The number of aliphatic hydroxyl groups excluding tert-OH is 1. The monoisotopic (exact) mass is 676 g/mol. The maximum absolute atomic E-state index is 11.5. The summed E-state index contributed by atoms with van der Waals surface area (Å²) in [5.74, 6) is 0.911. The van der Waals surface area contributed by atoms with Gasteiger partial charge in [0.25, 0.3) is 0 Å². The minimum Gasteiger partial charge on any atom is -0.516 e. The third kappa shape index (κ3) is 8.14. The van der Waals surface area contributed by atoms with Crippen molar-refractivity contribution in [3.05, 3.63) is 91.0 Å². The minimum absolute atomic E-state index is 0. The van der Waals surface area contributed by atoms with Crippen LogP contribution in [0.5, 0.6) is 5.75 Å². The van der Waals surface area contributed by atoms with Crippen LogP contribution in [0.25, 0.3) is 27.8 Å². The standard InChI is InChI=1S/C20H15N2O.C11H20O2.Ir/c1-23-18-6-4-5-16(13-18)19-10-8-15-7-9-17(14-20(15)21-19)22-11-2-3-12-22;1-10(2,3)8(12)7-9(13)11(4,5)6;/h2-4,6-14H,1H3;7,12H,1-6H3;/q-1;;/b;8-7-;. The van der Waals surface area contributed by atoms with Gasteiger partial charge in [-0.3, -0.25) is 9.78 Å². The van der Waals surface area contributed by atoms with Crippen molar-refractivity contribution in [1.29, 1.82) is 0 Å². The second-order valence-corrected chi connectivity index (χ2v) is 10.7. The molecule has 0 unspecified atom stereocenters. The number of ether oxygens (including phenoxy) is 1. The summed E-state index contributed by atoms with van der Waals surface area (Å²) in [6.07, 6.45) is 5.39. The Bertz CT molecular complexity index is 1360. The van der Waals surface area contributed by atoms with E-state index < -0.39 is 5.41 Å². The molecule has 0 atom stereocenters. The third-order valence-corrected chi connectivity index (χ3v) is 5.64. The molecule has 2 aromatic heterocycles. The van der Waals surface area contributed by atoms with E-state index in [0.29, 0.717) is 0 Å². The molecule has 0 fully saturated rings. The van der Waals surface area contributed by atoms with Gasteiger partial charge in [0.1, 0.15) is 5.76 Å². The first-order valence-electron chi connectivity index (χ1n) is 11.9. The van der Waals surface area contributed by atoms with Crippen molar-refractivity contribution in [2.45, 2.75) is 41.5 Å². The summed E-state index contributed by atoms with van der Waals surface area (Å²) < 4.78 is 7.36. The van der Waals surface area contributed by atoms with Gasteiger partial charge in [-0.25, -0.2) is 0 Å². The zero-order chi connectivity index (χ0) is 26.5. The fourth-order valence-electron chi connectivity index (χ4n) is 3.20. The van der Waals surface area contributed by atoms with Gasteiger partial charge in [-0.1, -0.05) is 59.7 Å². The molecule has 1 radical (unpaired) electrons. The van der Waals surface area contributed by atoms with Crippen molar-refractivity contribution in [3.63, 3.8) is 0 Å². The molecule has 37 heavy (non-hydrogen) atoms. The number of pyridine rings is 1. The molecule has 2 aromatic carbocycles. The van der Waals surface area contributed by atoms with Crippen LogP contribution in [0.1, 0.15) is 41.5 Å². The average molecular weight is 676 g/mol. The summed E-state index contributed by atoms with van der Waals surface area (Å²) in [7, 11) is 1.66. The van der Waals surface area contributed by atoms with Gasteiger partial charge in [0, 0.05) is 60.8 Å². The van der Waals surface area contributed by atoms with E-state index in [1.807, 2.05) is 90.3 Å². The van der Waals surface area contributed by atoms with E-state index >= 15 is 0 Å². The number of aliphatic hydroxyl groups is 1. The molecule has 0 saturated carbocycles. The Morgan fingerprint density at radius 2 is 1.62 bits per heavy atom. The zero-order valence-corrected chi connectivity index (χ0v) is 24.9. The Kier molecular flexibility index (Phi) is 10.0. The first kappa shape index (κ1) is 30.0. The maximum Gasteiger partial charge on any atom is 0.164 e. The summed E-state index contributed by atoms with van der Waals surface area (Å²) in [4.78, 5) is 16.3. The number of methoxy groups -OCH3 is 1. The van der Waals surface area contributed by atoms with Crippen LogP contribution in [0.2, 0.25) is 0 Å². The van der Waals surface area contributed by atoms with Crippen LogP contribution in [0, 0.1) is 16.9 Å². The second kappa shape index (κ2) is 12.4. The van der Waals surface area contributed by atoms with Crippen LogP contribution in [0.4, 0.5) is 0 Å². The van der Waals surface area contributed by atoms with Gasteiger partial charge in [-0.15, -0.1) is 29.8 Å². The van der Waals surface area contributed by atoms with E-state index in [0.717, 1.165) is 33.6 Å². The Morgan fingerprint density at radius 1 is 0.973 bits per heavy atom. The number of carbonyl (C=O) groups is 1. The number of aromatic nitrogens is 2. The molecule has 6 heteroatoms. The molecule has 5 nitrogen and oxygen atoms in total. The van der Waals surface area contributed by atoms with E-state index in [-0.39, 0.29) is 37.1 Å². The SMILES string of the molecule is CC(C)(C)C(=O)/C=C(\O)C(C)(C)C.COc1cc[c-]c(-c2ccc3ccc(-n4cccc4)cc3n2)c1.[Ir]. The van der Waals surface area contributed by atoms with Crippen LogP contribution in [0.15, 0.2) is 84.9 Å². The van der Waals surface area contributed by atoms with Crippen LogP contribution in [-0.2, 0) is 24.9 Å². The summed E-state index contributed by atoms with van der Waals surface area (Å²) in [6.45, 7) is 11.1. The van der Waals surface area contributed by atoms with Crippen LogP contribution in [0.3, 0.4) is 0 Å². The predicted octanol–water partition coefficient (Wildman–Crippen LogP) is 7.59. The van der Waals surface area contributed by atoms with Gasteiger partial charge in [0.05, 0.1) is 12.6 Å². The molecule has 0 amide bonds. The van der Waals surface area contributed by atoms with E-state index in [2.05, 4.69) is 34.9 Å². The molecule has 0 spiro atoms. The van der Waals surface area contributed by atoms with Crippen LogP contribution < -0.4 is 4.74 Å². The van der Waals surface area contributed by atoms with Gasteiger partial charge in [0.2, 0.25) is 0 Å². The molecule has 0 bridgehead atoms. The molecule has 0 aliphatic rings. The molecule has 2 heterocycles. The van der Waals surface area contributed by atoms with E-state index in [9.17, 15) is 9.90 Å². The Labute approximate surface area is 233 Å². The summed E-state index contributed by atoms with van der Waals surface area (Å²) in [5.41, 5.74) is 3.12. The minimum atomic E-state index is -0.417. The number of nitrogens with zero attached hydrogens (tertiary/aromatic N) is 2. The van der Waals surface area contributed by atoms with Crippen molar-refractivity contribution in [3.8, 4) is 22.7 Å². The number of carbonyl (C=O) groups excluding carboxylic acids is 1. The average Bonchev–Trinajstić information content (AvgIpc) is 3.38. The Hall–Kier alpha value is -3.21. The topological polar surface area (TPSA) is 64.3 Å². The van der Waals surface area contributed by atoms with Crippen molar-refractivity contribution in [2.75, 3.05) is 7.11 Å². The van der Waals surface area contributed by atoms with Gasteiger partial charge >= 0.3 is 0 Å². The third-order valence-electron chi connectivity index (χ3n) is 5.64. The maximum atomic E-state index is 11.5. The Morgan fingerprint density at radius 3 is 2.22 bits per heavy atom. The number of fused-ring (bicyclic) bond motifs is 1. The van der Waals surface area contributed by atoms with Crippen molar-refractivity contribution in [2.24, 2.45) is 10.8 Å². The molecule has 0 saturated heterocycles. The second-order valence-electron chi connectivity index (χ2n) is 10.7. The van der Waals surface area contributed by atoms with Crippen molar-refractivity contribution >= 4 is 16.7 Å². The quantitative estimate of drug-likeness (QED) is 0.138. The zero-order valence-electron chi connectivity index (χ0n) is 22.5. The van der Waals surface area contributed by atoms with Crippen LogP contribution in [-0.4, -0.2) is 27.6 Å². The summed E-state index contributed by atoms with van der Waals surface area (Å²) in [5, 5.41) is 10.7. The molecule has 197 valence electrons. The van der Waals surface area contributed by atoms with Crippen molar-refractivity contribution < 1.29 is 34.7 Å². The molecule has 0 aliphatic carbocycles. The molecule has 0 aliphatic heterocycles. The molecular formula is C31H35IrN2O3-. The number of rotatable bonds is 4. The van der Waals surface area contributed by atoms with E-state index in [4.69, 9.17) is 9.72 Å². The number of hydrogen-bond donors (Lipinski definition) is 1. The Balaban J connectivity index is 0.000000299. The number of benzene rings is 2. The van der Waals surface area contributed by atoms with E-state index in [1.165, 1.54) is 6.08 Å². The van der Waals surface area contributed by atoms with Crippen molar-refractivity contribution in [1.82, 2.24) is 9.55 Å². The fourth-order valence-corrected chi connectivity index (χ4v) is 3.20.